The number of halogens is 1. The summed E-state index contributed by atoms with van der Waals surface area (Å²) < 4.78 is 4.71. The predicted octanol–water partition coefficient (Wildman–Crippen LogP) is 1.02. The number of hydrogen-bond donors (Lipinski definition) is 2. The number of aromatic nitrogens is 1. The van der Waals surface area contributed by atoms with Gasteiger partial charge in [0.05, 0.1) is 12.1 Å². The molecule has 0 aliphatic rings. The minimum Gasteiger partial charge on any atom is -0.480 e. The molecule has 0 aliphatic carbocycles. The Labute approximate surface area is 79.1 Å². The quantitative estimate of drug-likeness (QED) is 0.748. The Morgan fingerprint density at radius 3 is 2.85 bits per heavy atom. The maximum atomic E-state index is 10.7. The third kappa shape index (κ3) is 1.81. The summed E-state index contributed by atoms with van der Waals surface area (Å²) in [5.41, 5.74) is 5.15. The second-order valence-electron chi connectivity index (χ2n) is 2.22. The van der Waals surface area contributed by atoms with E-state index in [2.05, 4.69) is 4.98 Å². The molecule has 0 saturated heterocycles. The van der Waals surface area contributed by atoms with Crippen molar-refractivity contribution in [2.45, 2.75) is 0 Å². The van der Waals surface area contributed by atoms with Crippen LogP contribution >= 0.6 is 11.6 Å². The molecule has 3 N–H and O–H groups in total. The van der Waals surface area contributed by atoms with Crippen molar-refractivity contribution < 1.29 is 14.6 Å². The van der Waals surface area contributed by atoms with Crippen LogP contribution < -0.4 is 10.5 Å². The second-order valence-corrected chi connectivity index (χ2v) is 2.63. The van der Waals surface area contributed by atoms with Crippen LogP contribution in [0, 0.1) is 0 Å². The standard InChI is InChI=1S/C7H7ClN2O3/c1-13-6-5(7(11)12)3(8)2-4(9)10-6/h2H,1H3,(H2,9,10)(H,11,12). The van der Waals surface area contributed by atoms with Gasteiger partial charge in [-0.2, -0.15) is 4.98 Å². The van der Waals surface area contributed by atoms with Gasteiger partial charge in [-0.1, -0.05) is 11.6 Å². The number of hydrogen-bond acceptors (Lipinski definition) is 4. The summed E-state index contributed by atoms with van der Waals surface area (Å²) in [6.45, 7) is 0. The minimum absolute atomic E-state index is 0.0110. The molecule has 5 nitrogen and oxygen atoms in total. The molecule has 0 unspecified atom stereocenters. The average Bonchev–Trinajstić information content (AvgIpc) is 2.01. The van der Waals surface area contributed by atoms with Crippen molar-refractivity contribution in [1.29, 1.82) is 0 Å². The molecule has 1 aromatic rings. The lowest BCUT2D eigenvalue weighted by atomic mass is 10.2. The Hall–Kier alpha value is -1.49. The molecule has 0 saturated carbocycles. The number of nitrogens with two attached hydrogens (primary N) is 1. The van der Waals surface area contributed by atoms with E-state index in [1.165, 1.54) is 13.2 Å². The van der Waals surface area contributed by atoms with Gasteiger partial charge in [-0.15, -0.1) is 0 Å². The van der Waals surface area contributed by atoms with Crippen LogP contribution in [0.1, 0.15) is 10.4 Å². The van der Waals surface area contributed by atoms with Gasteiger partial charge in [-0.3, -0.25) is 0 Å². The highest BCUT2D eigenvalue weighted by atomic mass is 35.5. The fraction of sp³-hybridized carbons (Fsp3) is 0.143. The van der Waals surface area contributed by atoms with Crippen LogP contribution in [0.15, 0.2) is 6.07 Å². The van der Waals surface area contributed by atoms with E-state index in [0.717, 1.165) is 0 Å². The number of nitrogens with zero attached hydrogens (tertiary/aromatic N) is 1. The lowest BCUT2D eigenvalue weighted by Gasteiger charge is -2.05. The highest BCUT2D eigenvalue weighted by Crippen LogP contribution is 2.26. The van der Waals surface area contributed by atoms with Crippen molar-refractivity contribution in [3.05, 3.63) is 16.7 Å². The van der Waals surface area contributed by atoms with Crippen LogP contribution in [0.3, 0.4) is 0 Å². The van der Waals surface area contributed by atoms with E-state index in [1.807, 2.05) is 0 Å². The van der Waals surface area contributed by atoms with Crippen molar-refractivity contribution in [2.75, 3.05) is 12.8 Å². The topological polar surface area (TPSA) is 85.4 Å². The highest BCUT2D eigenvalue weighted by molar-refractivity contribution is 6.34. The van der Waals surface area contributed by atoms with E-state index in [9.17, 15) is 4.79 Å². The number of rotatable bonds is 2. The van der Waals surface area contributed by atoms with E-state index >= 15 is 0 Å². The largest absolute Gasteiger partial charge is 0.480 e. The van der Waals surface area contributed by atoms with Gasteiger partial charge in [0.2, 0.25) is 5.88 Å². The zero-order valence-corrected chi connectivity index (χ0v) is 7.50. The van der Waals surface area contributed by atoms with Crippen LogP contribution in [0.4, 0.5) is 5.82 Å². The number of ether oxygens (including phenoxy) is 1. The summed E-state index contributed by atoms with van der Waals surface area (Å²) in [5, 5.41) is 8.73. The van der Waals surface area contributed by atoms with E-state index < -0.39 is 5.97 Å². The van der Waals surface area contributed by atoms with Crippen LogP contribution in [0.5, 0.6) is 5.88 Å². The lowest BCUT2D eigenvalue weighted by Crippen LogP contribution is -2.05. The normalized spacial score (nSPS) is 9.69. The lowest BCUT2D eigenvalue weighted by molar-refractivity contribution is 0.0693. The van der Waals surface area contributed by atoms with Gasteiger partial charge < -0.3 is 15.6 Å². The van der Waals surface area contributed by atoms with Crippen molar-refractivity contribution in [3.8, 4) is 5.88 Å². The third-order valence-electron chi connectivity index (χ3n) is 1.37. The fourth-order valence-corrected chi connectivity index (χ4v) is 1.12. The summed E-state index contributed by atoms with van der Waals surface area (Å²) in [6.07, 6.45) is 0. The molecule has 1 heterocycles. The Bertz CT molecular complexity index is 354. The van der Waals surface area contributed by atoms with Crippen molar-refractivity contribution in [2.24, 2.45) is 0 Å². The number of methoxy groups -OCH3 is 1. The summed E-state index contributed by atoms with van der Waals surface area (Å²) in [5.74, 6) is -1.17. The number of pyridine rings is 1. The van der Waals surface area contributed by atoms with Gasteiger partial charge in [0, 0.05) is 6.07 Å². The highest BCUT2D eigenvalue weighted by Gasteiger charge is 2.17. The van der Waals surface area contributed by atoms with E-state index in [0.29, 0.717) is 0 Å². The van der Waals surface area contributed by atoms with Crippen LogP contribution in [0.2, 0.25) is 5.02 Å². The maximum absolute atomic E-state index is 10.7. The SMILES string of the molecule is COc1nc(N)cc(Cl)c1C(=O)O. The number of carboxylic acids is 1. The number of nitrogen functional groups attached to an aromatic ring is 1. The molecule has 0 spiro atoms. The van der Waals surface area contributed by atoms with Gasteiger partial charge in [0.1, 0.15) is 11.4 Å². The van der Waals surface area contributed by atoms with Gasteiger partial charge in [-0.25, -0.2) is 4.79 Å². The molecule has 1 rings (SSSR count). The summed E-state index contributed by atoms with van der Waals surface area (Å²) in [6, 6.07) is 1.26. The molecular weight excluding hydrogens is 196 g/mol. The van der Waals surface area contributed by atoms with Gasteiger partial charge in [0.15, 0.2) is 0 Å². The molecule has 70 valence electrons. The first-order chi connectivity index (χ1) is 6.06. The molecule has 0 aromatic carbocycles. The molecule has 6 heteroatoms. The number of carboxylic acid groups (broad SMARTS) is 1. The first kappa shape index (κ1) is 9.60. The summed E-state index contributed by atoms with van der Waals surface area (Å²) in [7, 11) is 1.30. The van der Waals surface area contributed by atoms with Crippen LogP contribution in [-0.4, -0.2) is 23.2 Å². The fourth-order valence-electron chi connectivity index (χ4n) is 0.851. The molecule has 0 bridgehead atoms. The minimum atomic E-state index is -1.20. The Morgan fingerprint density at radius 1 is 1.77 bits per heavy atom. The Balaban J connectivity index is 3.38. The molecule has 0 atom stereocenters. The molecule has 0 fully saturated rings. The third-order valence-corrected chi connectivity index (χ3v) is 1.66. The van der Waals surface area contributed by atoms with Crippen LogP contribution in [0.25, 0.3) is 0 Å². The van der Waals surface area contributed by atoms with E-state index in [4.69, 9.17) is 27.2 Å². The molecule has 13 heavy (non-hydrogen) atoms. The number of anilines is 1. The zero-order chi connectivity index (χ0) is 10.0. The predicted molar refractivity (Wildman–Crippen MR) is 47.2 cm³/mol. The first-order valence-corrected chi connectivity index (χ1v) is 3.67. The van der Waals surface area contributed by atoms with Gasteiger partial charge in [-0.05, 0) is 0 Å². The van der Waals surface area contributed by atoms with Crippen LogP contribution in [-0.2, 0) is 0 Å². The van der Waals surface area contributed by atoms with Crippen molar-refractivity contribution in [3.63, 3.8) is 0 Å². The Kier molecular flexibility index (Phi) is 2.57. The van der Waals surface area contributed by atoms with E-state index in [-0.39, 0.29) is 22.3 Å². The monoisotopic (exact) mass is 202 g/mol. The number of aromatic carboxylic acids is 1. The maximum Gasteiger partial charge on any atom is 0.342 e. The molecule has 0 amide bonds. The molecule has 0 aliphatic heterocycles. The van der Waals surface area contributed by atoms with E-state index in [1.54, 1.807) is 0 Å². The zero-order valence-electron chi connectivity index (χ0n) is 6.74. The van der Waals surface area contributed by atoms with Crippen molar-refractivity contribution in [1.82, 2.24) is 4.98 Å². The summed E-state index contributed by atoms with van der Waals surface area (Å²) in [4.78, 5) is 14.3. The van der Waals surface area contributed by atoms with Gasteiger partial charge >= 0.3 is 5.97 Å². The second kappa shape index (κ2) is 3.49. The molecular formula is C7H7ClN2O3. The molecule has 0 radical (unpaired) electrons. The van der Waals surface area contributed by atoms with Gasteiger partial charge in [0.25, 0.3) is 0 Å². The summed E-state index contributed by atoms with van der Waals surface area (Å²) >= 11 is 5.63. The van der Waals surface area contributed by atoms with Crippen molar-refractivity contribution >= 4 is 23.4 Å². The smallest absolute Gasteiger partial charge is 0.342 e. The first-order valence-electron chi connectivity index (χ1n) is 3.29. The molecule has 1 aromatic heterocycles. The average molecular weight is 203 g/mol. The number of carbonyl (C=O) groups is 1. The Morgan fingerprint density at radius 2 is 2.38 bits per heavy atom.